The topological polar surface area (TPSA) is 87.2 Å². The molecule has 1 aliphatic heterocycles. The first kappa shape index (κ1) is 21.1. The molecule has 5 nitrogen and oxygen atoms in total. The monoisotopic (exact) mass is 407 g/mol. The van der Waals surface area contributed by atoms with Gasteiger partial charge in [-0.15, -0.1) is 11.8 Å². The van der Waals surface area contributed by atoms with Crippen LogP contribution in [0, 0.1) is 11.3 Å². The van der Waals surface area contributed by atoms with Crippen molar-refractivity contribution in [2.24, 2.45) is 5.73 Å². The molecule has 2 aromatic rings. The van der Waals surface area contributed by atoms with Gasteiger partial charge < -0.3 is 10.6 Å². The fraction of sp³-hybridized carbons (Fsp3) is 0.348. The molecular weight excluding hydrogens is 382 g/mol. The Labute approximate surface area is 175 Å². The van der Waals surface area contributed by atoms with Crippen LogP contribution in [0.5, 0.6) is 0 Å². The summed E-state index contributed by atoms with van der Waals surface area (Å²) >= 11 is 1.54. The van der Waals surface area contributed by atoms with Gasteiger partial charge in [0.05, 0.1) is 29.9 Å². The first-order chi connectivity index (χ1) is 14.0. The fourth-order valence-electron chi connectivity index (χ4n) is 3.30. The Morgan fingerprint density at radius 2 is 2.00 bits per heavy atom. The van der Waals surface area contributed by atoms with Crippen LogP contribution in [-0.4, -0.2) is 23.5 Å². The lowest BCUT2D eigenvalue weighted by Crippen LogP contribution is -2.44. The van der Waals surface area contributed by atoms with Gasteiger partial charge in [-0.1, -0.05) is 38.0 Å². The van der Waals surface area contributed by atoms with Crippen LogP contribution in [0.25, 0.3) is 0 Å². The largest absolute Gasteiger partial charge is 0.319 e. The minimum absolute atomic E-state index is 0.102. The van der Waals surface area contributed by atoms with Crippen LogP contribution >= 0.6 is 11.8 Å². The number of ketones is 1. The Bertz CT molecular complexity index is 934. The molecule has 1 aliphatic rings. The number of rotatable bonds is 7. The van der Waals surface area contributed by atoms with Crippen LogP contribution in [0.15, 0.2) is 47.4 Å². The van der Waals surface area contributed by atoms with Gasteiger partial charge in [0.2, 0.25) is 5.91 Å². The SMILES string of the molecule is CCCCCC(=O)c1ccc2c(c1)N(Cc1ccc(C#N)cc1)C(=O)[C@@H](N)CS2. The van der Waals surface area contributed by atoms with E-state index in [1.165, 1.54) is 0 Å². The van der Waals surface area contributed by atoms with Crippen molar-refractivity contribution in [1.29, 1.82) is 5.26 Å². The maximum atomic E-state index is 13.0. The number of carbonyl (C=O) groups is 2. The van der Waals surface area contributed by atoms with E-state index in [-0.39, 0.29) is 11.7 Å². The highest BCUT2D eigenvalue weighted by Crippen LogP contribution is 2.36. The van der Waals surface area contributed by atoms with E-state index in [4.69, 9.17) is 11.0 Å². The van der Waals surface area contributed by atoms with Crippen LogP contribution in [0.1, 0.15) is 54.1 Å². The molecule has 1 atom stereocenters. The third kappa shape index (κ3) is 5.06. The second kappa shape index (κ2) is 9.73. The zero-order valence-corrected chi connectivity index (χ0v) is 17.4. The van der Waals surface area contributed by atoms with Crippen LogP contribution in [0.2, 0.25) is 0 Å². The summed E-state index contributed by atoms with van der Waals surface area (Å²) < 4.78 is 0. The van der Waals surface area contributed by atoms with Gasteiger partial charge in [0, 0.05) is 22.6 Å². The summed E-state index contributed by atoms with van der Waals surface area (Å²) in [6, 6.07) is 14.3. The van der Waals surface area contributed by atoms with Gasteiger partial charge in [0.15, 0.2) is 5.78 Å². The summed E-state index contributed by atoms with van der Waals surface area (Å²) in [5.41, 5.74) is 8.95. The quantitative estimate of drug-likeness (QED) is 0.546. The van der Waals surface area contributed by atoms with Gasteiger partial charge in [0.25, 0.3) is 0 Å². The number of hydrogen-bond donors (Lipinski definition) is 1. The maximum absolute atomic E-state index is 13.0. The molecule has 0 saturated carbocycles. The number of benzene rings is 2. The first-order valence-corrected chi connectivity index (χ1v) is 10.9. The second-order valence-corrected chi connectivity index (χ2v) is 8.28. The average Bonchev–Trinajstić information content (AvgIpc) is 2.86. The molecule has 2 N–H and O–H groups in total. The van der Waals surface area contributed by atoms with E-state index in [0.717, 1.165) is 35.4 Å². The lowest BCUT2D eigenvalue weighted by atomic mass is 10.0. The predicted molar refractivity (Wildman–Crippen MR) is 116 cm³/mol. The third-order valence-electron chi connectivity index (χ3n) is 5.00. The number of nitrogens with zero attached hydrogens (tertiary/aromatic N) is 2. The molecule has 0 unspecified atom stereocenters. The number of hydrogen-bond acceptors (Lipinski definition) is 5. The van der Waals surface area contributed by atoms with Crippen molar-refractivity contribution >= 4 is 29.1 Å². The van der Waals surface area contributed by atoms with Crippen molar-refractivity contribution in [3.63, 3.8) is 0 Å². The van der Waals surface area contributed by atoms with Crippen LogP contribution in [-0.2, 0) is 11.3 Å². The molecule has 0 saturated heterocycles. The van der Waals surface area contributed by atoms with Gasteiger partial charge >= 0.3 is 0 Å². The Kier molecular flexibility index (Phi) is 7.08. The minimum atomic E-state index is -0.602. The Morgan fingerprint density at radius 1 is 1.24 bits per heavy atom. The highest BCUT2D eigenvalue weighted by Gasteiger charge is 2.29. The van der Waals surface area contributed by atoms with Crippen molar-refractivity contribution in [2.45, 2.75) is 50.1 Å². The number of carbonyl (C=O) groups excluding carboxylic acids is 2. The number of thioether (sulfide) groups is 1. The number of anilines is 1. The lowest BCUT2D eigenvalue weighted by Gasteiger charge is -2.25. The highest BCUT2D eigenvalue weighted by atomic mass is 32.2. The van der Waals surface area contributed by atoms with Gasteiger partial charge in [-0.3, -0.25) is 9.59 Å². The lowest BCUT2D eigenvalue weighted by molar-refractivity contribution is -0.119. The van der Waals surface area contributed by atoms with Crippen molar-refractivity contribution in [1.82, 2.24) is 0 Å². The van der Waals surface area contributed by atoms with Crippen LogP contribution < -0.4 is 10.6 Å². The summed E-state index contributed by atoms with van der Waals surface area (Å²) in [7, 11) is 0. The van der Waals surface area contributed by atoms with Crippen molar-refractivity contribution in [3.8, 4) is 6.07 Å². The summed E-state index contributed by atoms with van der Waals surface area (Å²) in [6.07, 6.45) is 3.49. The normalized spacial score (nSPS) is 16.1. The fourth-order valence-corrected chi connectivity index (χ4v) is 4.29. The summed E-state index contributed by atoms with van der Waals surface area (Å²) in [4.78, 5) is 28.2. The average molecular weight is 408 g/mol. The molecule has 6 heteroatoms. The molecule has 150 valence electrons. The molecule has 0 aliphatic carbocycles. The molecule has 0 bridgehead atoms. The molecule has 1 amide bonds. The van der Waals surface area contributed by atoms with Crippen LogP contribution in [0.3, 0.4) is 0 Å². The van der Waals surface area contributed by atoms with E-state index in [2.05, 4.69) is 13.0 Å². The first-order valence-electron chi connectivity index (χ1n) is 9.89. The Morgan fingerprint density at radius 3 is 2.69 bits per heavy atom. The van der Waals surface area contributed by atoms with Gasteiger partial charge in [0.1, 0.15) is 0 Å². The van der Waals surface area contributed by atoms with E-state index in [1.807, 2.05) is 30.3 Å². The van der Waals surface area contributed by atoms with E-state index < -0.39 is 6.04 Å². The summed E-state index contributed by atoms with van der Waals surface area (Å²) in [6.45, 7) is 2.46. The number of Topliss-reactive ketones (excluding diaryl/α,β-unsaturated/α-hetero) is 1. The second-order valence-electron chi connectivity index (χ2n) is 7.21. The van der Waals surface area contributed by atoms with E-state index in [1.54, 1.807) is 28.8 Å². The summed E-state index contributed by atoms with van der Waals surface area (Å²) in [5.74, 6) is 0.446. The smallest absolute Gasteiger partial charge is 0.245 e. The van der Waals surface area contributed by atoms with Gasteiger partial charge in [-0.25, -0.2) is 0 Å². The van der Waals surface area contributed by atoms with Crippen molar-refractivity contribution in [3.05, 3.63) is 59.2 Å². The molecule has 29 heavy (non-hydrogen) atoms. The number of nitrogens with two attached hydrogens (primary N) is 1. The number of unbranched alkanes of at least 4 members (excludes halogenated alkanes) is 2. The van der Waals surface area contributed by atoms with Crippen molar-refractivity contribution < 1.29 is 9.59 Å². The molecule has 0 radical (unpaired) electrons. The molecule has 0 aromatic heterocycles. The van der Waals surface area contributed by atoms with E-state index >= 15 is 0 Å². The molecular formula is C23H25N3O2S. The van der Waals surface area contributed by atoms with Gasteiger partial charge in [-0.2, -0.15) is 5.26 Å². The molecule has 0 spiro atoms. The Balaban J connectivity index is 1.92. The standard InChI is InChI=1S/C23H25N3O2S/c1-2-3-4-5-21(27)18-10-11-22-20(12-18)26(23(28)19(25)15-29-22)14-17-8-6-16(13-24)7-9-17/h6-12,19H,2-5,14-15,25H2,1H3/t19-/m0/s1. The highest BCUT2D eigenvalue weighted by molar-refractivity contribution is 7.99. The van der Waals surface area contributed by atoms with Gasteiger partial charge in [-0.05, 0) is 36.2 Å². The molecule has 3 rings (SSSR count). The Hall–Kier alpha value is -2.62. The van der Waals surface area contributed by atoms with Crippen molar-refractivity contribution in [2.75, 3.05) is 10.7 Å². The molecule has 0 fully saturated rings. The third-order valence-corrected chi connectivity index (χ3v) is 6.19. The number of amides is 1. The summed E-state index contributed by atoms with van der Waals surface area (Å²) in [5, 5.41) is 8.99. The minimum Gasteiger partial charge on any atom is -0.319 e. The number of nitriles is 1. The molecule has 1 heterocycles. The maximum Gasteiger partial charge on any atom is 0.245 e. The van der Waals surface area contributed by atoms with E-state index in [0.29, 0.717) is 29.8 Å². The van der Waals surface area contributed by atoms with Crippen LogP contribution in [0.4, 0.5) is 5.69 Å². The zero-order chi connectivity index (χ0) is 20.8. The number of fused-ring (bicyclic) bond motifs is 1. The van der Waals surface area contributed by atoms with E-state index in [9.17, 15) is 9.59 Å². The predicted octanol–water partition coefficient (Wildman–Crippen LogP) is 4.29. The molecule has 2 aromatic carbocycles. The zero-order valence-electron chi connectivity index (χ0n) is 16.6.